The van der Waals surface area contributed by atoms with Gasteiger partial charge in [-0.25, -0.2) is 0 Å². The molecule has 3 aromatic rings. The SMILES string of the molecule is CC.CC(C)n1cc2cc3ccoc3cc2c1C#N. The van der Waals surface area contributed by atoms with Gasteiger partial charge in [0.15, 0.2) is 0 Å². The molecule has 3 nitrogen and oxygen atoms in total. The van der Waals surface area contributed by atoms with Gasteiger partial charge in [-0.1, -0.05) is 13.8 Å². The van der Waals surface area contributed by atoms with E-state index in [9.17, 15) is 5.26 Å². The van der Waals surface area contributed by atoms with E-state index in [0.29, 0.717) is 5.69 Å². The molecule has 0 unspecified atom stereocenters. The van der Waals surface area contributed by atoms with Crippen LogP contribution in [0.4, 0.5) is 0 Å². The maximum atomic E-state index is 9.28. The largest absolute Gasteiger partial charge is 0.464 e. The average Bonchev–Trinajstić information content (AvgIpc) is 3.00. The second kappa shape index (κ2) is 5.19. The quantitative estimate of drug-likeness (QED) is 0.622. The maximum Gasteiger partial charge on any atom is 0.134 e. The molecular weight excluding hydrogens is 236 g/mol. The summed E-state index contributed by atoms with van der Waals surface area (Å²) < 4.78 is 7.38. The summed E-state index contributed by atoms with van der Waals surface area (Å²) in [4.78, 5) is 0. The molecule has 0 atom stereocenters. The Kier molecular flexibility index (Phi) is 3.62. The molecule has 0 saturated heterocycles. The summed E-state index contributed by atoms with van der Waals surface area (Å²) in [5.41, 5.74) is 1.53. The molecule has 0 N–H and O–H groups in total. The zero-order valence-electron chi connectivity index (χ0n) is 11.8. The predicted octanol–water partition coefficient (Wildman–Crippen LogP) is 4.87. The van der Waals surface area contributed by atoms with Crippen LogP contribution >= 0.6 is 0 Å². The molecular formula is C16H18N2O. The molecule has 0 amide bonds. The first-order valence-corrected chi connectivity index (χ1v) is 6.62. The van der Waals surface area contributed by atoms with Crippen molar-refractivity contribution in [2.24, 2.45) is 0 Å². The Labute approximate surface area is 113 Å². The highest BCUT2D eigenvalue weighted by Crippen LogP contribution is 2.29. The number of fused-ring (bicyclic) bond motifs is 2. The molecule has 3 rings (SSSR count). The second-order valence-electron chi connectivity index (χ2n) is 4.49. The van der Waals surface area contributed by atoms with Crippen molar-refractivity contribution >= 4 is 21.7 Å². The van der Waals surface area contributed by atoms with Gasteiger partial charge in [0.2, 0.25) is 0 Å². The van der Waals surface area contributed by atoms with Gasteiger partial charge in [-0.15, -0.1) is 0 Å². The van der Waals surface area contributed by atoms with Gasteiger partial charge < -0.3 is 8.98 Å². The smallest absolute Gasteiger partial charge is 0.134 e. The lowest BCUT2D eigenvalue weighted by Crippen LogP contribution is -2.00. The summed E-state index contributed by atoms with van der Waals surface area (Å²) in [7, 11) is 0. The standard InChI is InChI=1S/C14H12N2O.C2H6/c1-9(2)16-8-11-5-10-3-4-17-14(10)6-12(11)13(16)7-15;1-2/h3-6,8-9H,1-2H3;1-2H3. The molecule has 0 fully saturated rings. The van der Waals surface area contributed by atoms with E-state index in [4.69, 9.17) is 4.42 Å². The first kappa shape index (κ1) is 13.2. The minimum Gasteiger partial charge on any atom is -0.464 e. The second-order valence-corrected chi connectivity index (χ2v) is 4.49. The van der Waals surface area contributed by atoms with Crippen molar-refractivity contribution in [1.29, 1.82) is 5.26 Å². The van der Waals surface area contributed by atoms with Gasteiger partial charge in [0.25, 0.3) is 0 Å². The molecule has 0 aliphatic rings. The van der Waals surface area contributed by atoms with Crippen LogP contribution < -0.4 is 0 Å². The lowest BCUT2D eigenvalue weighted by atomic mass is 10.1. The minimum absolute atomic E-state index is 0.281. The fourth-order valence-corrected chi connectivity index (χ4v) is 2.22. The Hall–Kier alpha value is -2.21. The van der Waals surface area contributed by atoms with Crippen molar-refractivity contribution in [3.8, 4) is 6.07 Å². The van der Waals surface area contributed by atoms with Crippen molar-refractivity contribution in [2.75, 3.05) is 0 Å². The van der Waals surface area contributed by atoms with Crippen LogP contribution in [-0.4, -0.2) is 4.57 Å². The number of benzene rings is 1. The molecule has 0 aliphatic heterocycles. The van der Waals surface area contributed by atoms with E-state index in [1.807, 2.05) is 36.7 Å². The van der Waals surface area contributed by atoms with E-state index in [1.54, 1.807) is 6.26 Å². The van der Waals surface area contributed by atoms with Crippen LogP contribution in [0.15, 0.2) is 35.1 Å². The highest BCUT2D eigenvalue weighted by Gasteiger charge is 2.12. The molecule has 3 heteroatoms. The number of rotatable bonds is 1. The van der Waals surface area contributed by atoms with Crippen LogP contribution in [0.2, 0.25) is 0 Å². The molecule has 0 bridgehead atoms. The van der Waals surface area contributed by atoms with Crippen LogP contribution in [-0.2, 0) is 0 Å². The Morgan fingerprint density at radius 3 is 2.58 bits per heavy atom. The topological polar surface area (TPSA) is 41.9 Å². The molecule has 98 valence electrons. The molecule has 2 heterocycles. The summed E-state index contributed by atoms with van der Waals surface area (Å²) in [6.45, 7) is 8.15. The van der Waals surface area contributed by atoms with Gasteiger partial charge in [-0.3, -0.25) is 0 Å². The maximum absolute atomic E-state index is 9.28. The lowest BCUT2D eigenvalue weighted by Gasteiger charge is -2.07. The van der Waals surface area contributed by atoms with Crippen LogP contribution in [0.3, 0.4) is 0 Å². The van der Waals surface area contributed by atoms with Crippen molar-refractivity contribution in [3.05, 3.63) is 36.4 Å². The van der Waals surface area contributed by atoms with E-state index < -0.39 is 0 Å². The summed E-state index contributed by atoms with van der Waals surface area (Å²) in [5.74, 6) is 0. The zero-order valence-corrected chi connectivity index (χ0v) is 11.8. The lowest BCUT2D eigenvalue weighted by molar-refractivity contribution is 0.599. The monoisotopic (exact) mass is 254 g/mol. The number of aromatic nitrogens is 1. The molecule has 0 aliphatic carbocycles. The zero-order chi connectivity index (χ0) is 14.0. The van der Waals surface area contributed by atoms with E-state index in [2.05, 4.69) is 26.0 Å². The predicted molar refractivity (Wildman–Crippen MR) is 78.2 cm³/mol. The third kappa shape index (κ3) is 2.10. The first-order valence-electron chi connectivity index (χ1n) is 6.62. The van der Waals surface area contributed by atoms with Gasteiger partial charge >= 0.3 is 0 Å². The number of furan rings is 1. The summed E-state index contributed by atoms with van der Waals surface area (Å²) in [6.07, 6.45) is 3.71. The number of hydrogen-bond acceptors (Lipinski definition) is 2. The number of hydrogen-bond donors (Lipinski definition) is 0. The molecule has 0 spiro atoms. The highest BCUT2D eigenvalue weighted by molar-refractivity contribution is 5.98. The van der Waals surface area contributed by atoms with Crippen molar-refractivity contribution < 1.29 is 4.42 Å². The molecule has 1 aromatic carbocycles. The van der Waals surface area contributed by atoms with Crippen LogP contribution in [0.25, 0.3) is 21.7 Å². The fraction of sp³-hybridized carbons (Fsp3) is 0.312. The average molecular weight is 254 g/mol. The van der Waals surface area contributed by atoms with E-state index in [1.165, 1.54) is 0 Å². The highest BCUT2D eigenvalue weighted by atomic mass is 16.3. The third-order valence-electron chi connectivity index (χ3n) is 3.08. The third-order valence-corrected chi connectivity index (χ3v) is 3.08. The summed E-state index contributed by atoms with van der Waals surface area (Å²) in [6, 6.07) is 8.51. The Morgan fingerprint density at radius 1 is 1.21 bits per heavy atom. The first-order chi connectivity index (χ1) is 9.20. The van der Waals surface area contributed by atoms with Crippen LogP contribution in [0, 0.1) is 11.3 Å². The Morgan fingerprint density at radius 2 is 1.95 bits per heavy atom. The van der Waals surface area contributed by atoms with Gasteiger partial charge in [-0.05, 0) is 32.0 Å². The Bertz CT molecular complexity index is 741. The van der Waals surface area contributed by atoms with Gasteiger partial charge in [-0.2, -0.15) is 5.26 Å². The number of nitrogens with zero attached hydrogens (tertiary/aromatic N) is 2. The van der Waals surface area contributed by atoms with Gasteiger partial charge in [0, 0.05) is 28.4 Å². The van der Waals surface area contributed by atoms with E-state index >= 15 is 0 Å². The van der Waals surface area contributed by atoms with Crippen molar-refractivity contribution in [1.82, 2.24) is 4.57 Å². The molecule has 0 saturated carbocycles. The van der Waals surface area contributed by atoms with Gasteiger partial charge in [0.1, 0.15) is 17.3 Å². The van der Waals surface area contributed by atoms with E-state index in [-0.39, 0.29) is 6.04 Å². The molecule has 19 heavy (non-hydrogen) atoms. The normalized spacial score (nSPS) is 10.5. The summed E-state index contributed by atoms with van der Waals surface area (Å²) in [5, 5.41) is 12.4. The minimum atomic E-state index is 0.281. The number of nitriles is 1. The van der Waals surface area contributed by atoms with Crippen molar-refractivity contribution in [3.63, 3.8) is 0 Å². The Balaban J connectivity index is 0.000000637. The van der Waals surface area contributed by atoms with Gasteiger partial charge in [0.05, 0.1) is 6.26 Å². The van der Waals surface area contributed by atoms with Crippen molar-refractivity contribution in [2.45, 2.75) is 33.7 Å². The molecule has 2 aromatic heterocycles. The summed E-state index contributed by atoms with van der Waals surface area (Å²) >= 11 is 0. The van der Waals surface area contributed by atoms with E-state index in [0.717, 1.165) is 21.7 Å². The fourth-order valence-electron chi connectivity index (χ4n) is 2.22. The van der Waals surface area contributed by atoms with Crippen LogP contribution in [0.5, 0.6) is 0 Å². The molecule has 0 radical (unpaired) electrons. The van der Waals surface area contributed by atoms with Crippen LogP contribution in [0.1, 0.15) is 39.4 Å².